The quantitative estimate of drug-likeness (QED) is 0.796. The highest BCUT2D eigenvalue weighted by molar-refractivity contribution is 5.26. The lowest BCUT2D eigenvalue weighted by molar-refractivity contribution is 0.187. The molecule has 1 aromatic heterocycles. The van der Waals surface area contributed by atoms with E-state index in [0.29, 0.717) is 6.04 Å². The van der Waals surface area contributed by atoms with Gasteiger partial charge in [0.1, 0.15) is 0 Å². The van der Waals surface area contributed by atoms with E-state index in [9.17, 15) is 0 Å². The Morgan fingerprint density at radius 3 is 3.00 bits per heavy atom. The summed E-state index contributed by atoms with van der Waals surface area (Å²) in [5.74, 6) is 2.64. The molecule has 1 aliphatic carbocycles. The summed E-state index contributed by atoms with van der Waals surface area (Å²) in [6.07, 6.45) is 10.5. The molecule has 3 atom stereocenters. The van der Waals surface area contributed by atoms with Gasteiger partial charge < -0.3 is 9.88 Å². The van der Waals surface area contributed by atoms with Gasteiger partial charge in [-0.05, 0) is 24.7 Å². The van der Waals surface area contributed by atoms with E-state index < -0.39 is 0 Å². The van der Waals surface area contributed by atoms with Crippen molar-refractivity contribution < 1.29 is 0 Å². The van der Waals surface area contributed by atoms with Crippen LogP contribution in [-0.2, 0) is 0 Å². The minimum Gasteiger partial charge on any atom is -0.356 e. The van der Waals surface area contributed by atoms with Crippen LogP contribution >= 0.6 is 0 Å². The molecule has 1 aliphatic rings. The Balaban J connectivity index is 2.05. The maximum Gasteiger partial charge on any atom is 0.203 e. The van der Waals surface area contributed by atoms with Gasteiger partial charge in [0.15, 0.2) is 0 Å². The van der Waals surface area contributed by atoms with Crippen molar-refractivity contribution in [2.45, 2.75) is 58.9 Å². The second-order valence-corrected chi connectivity index (χ2v) is 5.77. The van der Waals surface area contributed by atoms with Gasteiger partial charge in [-0.25, -0.2) is 4.98 Å². The molecule has 1 fully saturated rings. The number of hydrogen-bond donors (Lipinski definition) is 1. The molecule has 0 amide bonds. The molecule has 0 aliphatic heterocycles. The molecular formula is C15H27N3. The molecule has 0 saturated heterocycles. The van der Waals surface area contributed by atoms with Crippen LogP contribution in [0.2, 0.25) is 0 Å². The summed E-state index contributed by atoms with van der Waals surface area (Å²) < 4.78 is 2.37. The van der Waals surface area contributed by atoms with E-state index in [-0.39, 0.29) is 0 Å². The number of imidazole rings is 1. The van der Waals surface area contributed by atoms with E-state index in [2.05, 4.69) is 41.8 Å². The molecule has 3 heteroatoms. The Bertz CT molecular complexity index is 358. The van der Waals surface area contributed by atoms with Crippen molar-refractivity contribution in [3.8, 4) is 0 Å². The first-order valence-electron chi connectivity index (χ1n) is 7.50. The third kappa shape index (κ3) is 2.88. The van der Waals surface area contributed by atoms with E-state index in [0.717, 1.165) is 24.3 Å². The van der Waals surface area contributed by atoms with Gasteiger partial charge in [0.2, 0.25) is 5.95 Å². The van der Waals surface area contributed by atoms with E-state index in [1.54, 1.807) is 0 Å². The zero-order valence-electron chi connectivity index (χ0n) is 12.0. The number of aromatic nitrogens is 2. The number of anilines is 1. The number of unbranched alkanes of at least 4 members (excludes halogenated alkanes) is 1. The molecule has 1 heterocycles. The van der Waals surface area contributed by atoms with Crippen LogP contribution in [0.3, 0.4) is 0 Å². The second kappa shape index (κ2) is 6.26. The Kier molecular flexibility index (Phi) is 4.67. The largest absolute Gasteiger partial charge is 0.356 e. The van der Waals surface area contributed by atoms with Crippen LogP contribution in [-0.4, -0.2) is 16.1 Å². The molecule has 0 radical (unpaired) electrons. The first-order valence-corrected chi connectivity index (χ1v) is 7.50. The lowest BCUT2D eigenvalue weighted by Crippen LogP contribution is -2.27. The lowest BCUT2D eigenvalue weighted by Gasteiger charge is -2.35. The first-order chi connectivity index (χ1) is 8.74. The molecular weight excluding hydrogens is 222 g/mol. The van der Waals surface area contributed by atoms with Crippen LogP contribution in [0.15, 0.2) is 12.4 Å². The summed E-state index contributed by atoms with van der Waals surface area (Å²) in [6.45, 7) is 8.03. The van der Waals surface area contributed by atoms with E-state index in [1.165, 1.54) is 32.1 Å². The molecule has 0 spiro atoms. The monoisotopic (exact) mass is 249 g/mol. The zero-order valence-corrected chi connectivity index (χ0v) is 12.0. The Morgan fingerprint density at radius 1 is 1.39 bits per heavy atom. The Hall–Kier alpha value is -0.990. The van der Waals surface area contributed by atoms with Gasteiger partial charge in [-0.1, -0.05) is 40.0 Å². The highest BCUT2D eigenvalue weighted by atomic mass is 15.2. The highest BCUT2D eigenvalue weighted by Gasteiger charge is 2.29. The molecule has 1 saturated carbocycles. The zero-order chi connectivity index (χ0) is 13.0. The predicted octanol–water partition coefficient (Wildman–Crippen LogP) is 4.09. The number of nitrogens with one attached hydrogen (secondary N) is 1. The summed E-state index contributed by atoms with van der Waals surface area (Å²) >= 11 is 0. The average molecular weight is 249 g/mol. The van der Waals surface area contributed by atoms with Crippen LogP contribution in [0, 0.1) is 11.8 Å². The number of hydrogen-bond acceptors (Lipinski definition) is 2. The summed E-state index contributed by atoms with van der Waals surface area (Å²) in [7, 11) is 0. The molecule has 102 valence electrons. The fourth-order valence-corrected chi connectivity index (χ4v) is 3.04. The Labute approximate surface area is 111 Å². The molecule has 3 unspecified atom stereocenters. The summed E-state index contributed by atoms with van der Waals surface area (Å²) in [5.41, 5.74) is 0. The topological polar surface area (TPSA) is 29.9 Å². The van der Waals surface area contributed by atoms with Crippen LogP contribution in [0.5, 0.6) is 0 Å². The molecule has 1 N–H and O–H groups in total. The molecule has 2 rings (SSSR count). The average Bonchev–Trinajstić information content (AvgIpc) is 2.81. The third-order valence-corrected chi connectivity index (χ3v) is 4.50. The fraction of sp³-hybridized carbons (Fsp3) is 0.800. The fourth-order valence-electron chi connectivity index (χ4n) is 3.04. The molecule has 1 aromatic rings. The highest BCUT2D eigenvalue weighted by Crippen LogP contribution is 2.38. The van der Waals surface area contributed by atoms with Crippen molar-refractivity contribution in [3.63, 3.8) is 0 Å². The molecule has 3 nitrogen and oxygen atoms in total. The summed E-state index contributed by atoms with van der Waals surface area (Å²) in [6, 6.07) is 0.625. The van der Waals surface area contributed by atoms with E-state index >= 15 is 0 Å². The minimum absolute atomic E-state index is 0.625. The van der Waals surface area contributed by atoms with Gasteiger partial charge in [0.05, 0.1) is 0 Å². The minimum atomic E-state index is 0.625. The van der Waals surface area contributed by atoms with Gasteiger partial charge in [-0.2, -0.15) is 0 Å². The summed E-state index contributed by atoms with van der Waals surface area (Å²) in [4.78, 5) is 4.47. The maximum absolute atomic E-state index is 4.47. The van der Waals surface area contributed by atoms with Crippen molar-refractivity contribution in [1.29, 1.82) is 0 Å². The Morgan fingerprint density at radius 2 is 2.22 bits per heavy atom. The molecule has 0 bridgehead atoms. The third-order valence-electron chi connectivity index (χ3n) is 4.50. The normalized spacial score (nSPS) is 28.3. The lowest BCUT2D eigenvalue weighted by atomic mass is 9.78. The van der Waals surface area contributed by atoms with Crippen molar-refractivity contribution in [2.24, 2.45) is 11.8 Å². The van der Waals surface area contributed by atoms with Gasteiger partial charge in [0, 0.05) is 25.0 Å². The van der Waals surface area contributed by atoms with Gasteiger partial charge >= 0.3 is 0 Å². The van der Waals surface area contributed by atoms with Crippen molar-refractivity contribution in [3.05, 3.63) is 12.4 Å². The van der Waals surface area contributed by atoms with E-state index in [4.69, 9.17) is 0 Å². The molecule has 18 heavy (non-hydrogen) atoms. The van der Waals surface area contributed by atoms with Crippen LogP contribution < -0.4 is 5.32 Å². The van der Waals surface area contributed by atoms with Crippen molar-refractivity contribution in [1.82, 2.24) is 9.55 Å². The van der Waals surface area contributed by atoms with Crippen molar-refractivity contribution in [2.75, 3.05) is 11.9 Å². The number of nitrogens with zero attached hydrogens (tertiary/aromatic N) is 2. The van der Waals surface area contributed by atoms with Crippen LogP contribution in [0.1, 0.15) is 58.9 Å². The maximum atomic E-state index is 4.47. The standard InChI is InChI=1S/C15H27N3/c1-4-5-9-16-15-17-10-11-18(15)14-8-6-7-12(2)13(14)3/h10-14H,4-9H2,1-3H3,(H,16,17). The first kappa shape index (κ1) is 13.4. The van der Waals surface area contributed by atoms with Gasteiger partial charge in [-0.15, -0.1) is 0 Å². The number of rotatable bonds is 5. The predicted molar refractivity (Wildman–Crippen MR) is 76.8 cm³/mol. The summed E-state index contributed by atoms with van der Waals surface area (Å²) in [5, 5.41) is 3.48. The van der Waals surface area contributed by atoms with Crippen LogP contribution in [0.25, 0.3) is 0 Å². The van der Waals surface area contributed by atoms with E-state index in [1.807, 2.05) is 6.20 Å². The second-order valence-electron chi connectivity index (χ2n) is 5.77. The van der Waals surface area contributed by atoms with Crippen LogP contribution in [0.4, 0.5) is 5.95 Å². The molecule has 0 aromatic carbocycles. The SMILES string of the molecule is CCCCNc1nccn1C1CCCC(C)C1C. The van der Waals surface area contributed by atoms with Gasteiger partial charge in [-0.3, -0.25) is 0 Å². The van der Waals surface area contributed by atoms with Crippen molar-refractivity contribution >= 4 is 5.95 Å². The smallest absolute Gasteiger partial charge is 0.203 e. The van der Waals surface area contributed by atoms with Gasteiger partial charge in [0.25, 0.3) is 0 Å².